The Hall–Kier alpha value is -0.590. The highest BCUT2D eigenvalue weighted by molar-refractivity contribution is 9.10. The number of amides is 1. The Morgan fingerprint density at radius 1 is 1.33 bits per heavy atom. The van der Waals surface area contributed by atoms with Crippen LogP contribution in [0.4, 0.5) is 0 Å². The molecule has 1 N–H and O–H groups in total. The Labute approximate surface area is 138 Å². The normalized spacial score (nSPS) is 11.7. The summed E-state index contributed by atoms with van der Waals surface area (Å²) in [5.41, 5.74) is 0.264. The van der Waals surface area contributed by atoms with Crippen molar-refractivity contribution in [3.8, 4) is 0 Å². The number of carbonyl (C=O) groups is 1. The van der Waals surface area contributed by atoms with E-state index in [1.54, 1.807) is 0 Å². The van der Waals surface area contributed by atoms with Crippen molar-refractivity contribution in [2.45, 2.75) is 38.0 Å². The summed E-state index contributed by atoms with van der Waals surface area (Å²) in [6.45, 7) is 4.89. The van der Waals surface area contributed by atoms with Gasteiger partial charge in [-0.3, -0.25) is 4.79 Å². The van der Waals surface area contributed by atoms with E-state index in [0.717, 1.165) is 19.3 Å². The minimum Gasteiger partial charge on any atom is -0.352 e. The zero-order chi connectivity index (χ0) is 16.0. The van der Waals surface area contributed by atoms with Gasteiger partial charge in [0.25, 0.3) is 15.0 Å². The minimum absolute atomic E-state index is 0.0858. The second kappa shape index (κ2) is 8.15. The minimum atomic E-state index is -3.84. The molecular formula is C14H19BrClNO3S. The number of hydrogen-bond donors (Lipinski definition) is 1. The smallest absolute Gasteiger partial charge is 0.261 e. The molecule has 1 aromatic carbocycles. The molecule has 0 spiro atoms. The van der Waals surface area contributed by atoms with Gasteiger partial charge in [-0.05, 0) is 46.5 Å². The van der Waals surface area contributed by atoms with Crippen LogP contribution >= 0.6 is 26.6 Å². The number of nitrogens with one attached hydrogen (secondary N) is 1. The van der Waals surface area contributed by atoms with Crippen molar-refractivity contribution in [3.05, 3.63) is 28.2 Å². The fourth-order valence-electron chi connectivity index (χ4n) is 1.80. The van der Waals surface area contributed by atoms with E-state index in [-0.39, 0.29) is 16.4 Å². The zero-order valence-corrected chi connectivity index (χ0v) is 15.2. The first-order chi connectivity index (χ1) is 9.71. The highest BCUT2D eigenvalue weighted by Crippen LogP contribution is 2.23. The van der Waals surface area contributed by atoms with E-state index in [1.807, 2.05) is 0 Å². The SMILES string of the molecule is CC(C)CCCCNC(=O)c1cc(S(=O)(=O)Cl)ccc1Br. The Morgan fingerprint density at radius 2 is 2.00 bits per heavy atom. The average molecular weight is 397 g/mol. The van der Waals surface area contributed by atoms with Gasteiger partial charge in [-0.25, -0.2) is 8.42 Å². The predicted molar refractivity (Wildman–Crippen MR) is 88.2 cm³/mol. The molecule has 4 nitrogen and oxygen atoms in total. The molecule has 0 radical (unpaired) electrons. The van der Waals surface area contributed by atoms with Gasteiger partial charge in [-0.2, -0.15) is 0 Å². The quantitative estimate of drug-likeness (QED) is 0.561. The Kier molecular flexibility index (Phi) is 7.16. The fourth-order valence-corrected chi connectivity index (χ4v) is 3.01. The molecular weight excluding hydrogens is 378 g/mol. The number of unbranched alkanes of at least 4 members (excludes halogenated alkanes) is 1. The zero-order valence-electron chi connectivity index (χ0n) is 12.0. The second-order valence-electron chi connectivity index (χ2n) is 5.23. The van der Waals surface area contributed by atoms with Crippen LogP contribution in [0.2, 0.25) is 0 Å². The highest BCUT2D eigenvalue weighted by Gasteiger charge is 2.16. The van der Waals surface area contributed by atoms with Crippen LogP contribution in [0.15, 0.2) is 27.6 Å². The maximum absolute atomic E-state index is 12.1. The molecule has 0 saturated heterocycles. The van der Waals surface area contributed by atoms with Crippen LogP contribution in [0, 0.1) is 5.92 Å². The van der Waals surface area contributed by atoms with E-state index in [0.29, 0.717) is 16.9 Å². The molecule has 0 saturated carbocycles. The van der Waals surface area contributed by atoms with Gasteiger partial charge in [0.05, 0.1) is 10.5 Å². The van der Waals surface area contributed by atoms with Crippen molar-refractivity contribution in [3.63, 3.8) is 0 Å². The monoisotopic (exact) mass is 395 g/mol. The summed E-state index contributed by atoms with van der Waals surface area (Å²) in [6, 6.07) is 4.13. The first-order valence-electron chi connectivity index (χ1n) is 6.74. The summed E-state index contributed by atoms with van der Waals surface area (Å²) >= 11 is 3.24. The summed E-state index contributed by atoms with van der Waals surface area (Å²) in [4.78, 5) is 12.0. The molecule has 0 fully saturated rings. The molecule has 0 unspecified atom stereocenters. The van der Waals surface area contributed by atoms with Crippen molar-refractivity contribution in [2.75, 3.05) is 6.54 Å². The maximum Gasteiger partial charge on any atom is 0.261 e. The maximum atomic E-state index is 12.1. The summed E-state index contributed by atoms with van der Waals surface area (Å²) in [7, 11) is 1.45. The molecule has 0 aliphatic heterocycles. The van der Waals surface area contributed by atoms with Gasteiger partial charge in [0.1, 0.15) is 0 Å². The lowest BCUT2D eigenvalue weighted by molar-refractivity contribution is 0.0952. The molecule has 0 aliphatic rings. The Morgan fingerprint density at radius 3 is 2.57 bits per heavy atom. The third kappa shape index (κ3) is 6.36. The first kappa shape index (κ1) is 18.5. The van der Waals surface area contributed by atoms with E-state index < -0.39 is 9.05 Å². The fraction of sp³-hybridized carbons (Fsp3) is 0.500. The summed E-state index contributed by atoms with van der Waals surface area (Å²) in [6.07, 6.45) is 3.07. The van der Waals surface area contributed by atoms with E-state index in [4.69, 9.17) is 10.7 Å². The van der Waals surface area contributed by atoms with Gasteiger partial charge in [-0.15, -0.1) is 0 Å². The van der Waals surface area contributed by atoms with E-state index in [2.05, 4.69) is 35.1 Å². The standard InChI is InChI=1S/C14H19BrClNO3S/c1-10(2)5-3-4-8-17-14(18)12-9-11(21(16,19)20)6-7-13(12)15/h6-7,9-10H,3-5,8H2,1-2H3,(H,17,18). The van der Waals surface area contributed by atoms with Crippen molar-refractivity contribution in [1.29, 1.82) is 0 Å². The highest BCUT2D eigenvalue weighted by atomic mass is 79.9. The topological polar surface area (TPSA) is 63.2 Å². The van der Waals surface area contributed by atoms with E-state index in [9.17, 15) is 13.2 Å². The van der Waals surface area contributed by atoms with Crippen LogP contribution in [0.3, 0.4) is 0 Å². The molecule has 1 amide bonds. The molecule has 0 aliphatic carbocycles. The molecule has 21 heavy (non-hydrogen) atoms. The number of benzene rings is 1. The average Bonchev–Trinajstić information content (AvgIpc) is 2.36. The van der Waals surface area contributed by atoms with Gasteiger partial charge < -0.3 is 5.32 Å². The van der Waals surface area contributed by atoms with E-state index >= 15 is 0 Å². The van der Waals surface area contributed by atoms with Crippen LogP contribution in [-0.2, 0) is 9.05 Å². The molecule has 0 aromatic heterocycles. The molecule has 0 atom stereocenters. The molecule has 1 aromatic rings. The van der Waals surface area contributed by atoms with Crippen LogP contribution < -0.4 is 5.32 Å². The molecule has 118 valence electrons. The number of carbonyl (C=O) groups excluding carboxylic acids is 1. The second-order valence-corrected chi connectivity index (χ2v) is 8.65. The molecule has 0 bridgehead atoms. The van der Waals surface area contributed by atoms with Crippen LogP contribution in [0.25, 0.3) is 0 Å². The van der Waals surface area contributed by atoms with Gasteiger partial charge in [0, 0.05) is 21.7 Å². The lowest BCUT2D eigenvalue weighted by Gasteiger charge is -2.09. The lowest BCUT2D eigenvalue weighted by Crippen LogP contribution is -2.25. The van der Waals surface area contributed by atoms with E-state index in [1.165, 1.54) is 18.2 Å². The summed E-state index contributed by atoms with van der Waals surface area (Å²) in [5.74, 6) is 0.342. The predicted octanol–water partition coefficient (Wildman–Crippen LogP) is 3.93. The lowest BCUT2D eigenvalue weighted by atomic mass is 10.1. The third-order valence-electron chi connectivity index (χ3n) is 2.96. The van der Waals surface area contributed by atoms with Crippen LogP contribution in [-0.4, -0.2) is 20.9 Å². The van der Waals surface area contributed by atoms with Crippen LogP contribution in [0.5, 0.6) is 0 Å². The first-order valence-corrected chi connectivity index (χ1v) is 9.84. The van der Waals surface area contributed by atoms with Crippen LogP contribution in [0.1, 0.15) is 43.5 Å². The summed E-state index contributed by atoms with van der Waals surface area (Å²) in [5, 5.41) is 2.79. The number of hydrogen-bond acceptors (Lipinski definition) is 3. The molecule has 0 heterocycles. The van der Waals surface area contributed by atoms with Crippen molar-refractivity contribution in [1.82, 2.24) is 5.32 Å². The van der Waals surface area contributed by atoms with Gasteiger partial charge in [0.2, 0.25) is 0 Å². The molecule has 1 rings (SSSR count). The molecule has 7 heteroatoms. The Balaban J connectivity index is 2.66. The van der Waals surface area contributed by atoms with Crippen molar-refractivity contribution in [2.24, 2.45) is 5.92 Å². The number of halogens is 2. The Bertz CT molecular complexity index is 602. The third-order valence-corrected chi connectivity index (χ3v) is 5.00. The van der Waals surface area contributed by atoms with Crippen molar-refractivity contribution < 1.29 is 13.2 Å². The van der Waals surface area contributed by atoms with Gasteiger partial charge in [0.15, 0.2) is 0 Å². The summed E-state index contributed by atoms with van der Waals surface area (Å²) < 4.78 is 23.1. The number of rotatable bonds is 7. The van der Waals surface area contributed by atoms with Gasteiger partial charge >= 0.3 is 0 Å². The largest absolute Gasteiger partial charge is 0.352 e. The van der Waals surface area contributed by atoms with Crippen molar-refractivity contribution >= 4 is 41.6 Å². The van der Waals surface area contributed by atoms with Gasteiger partial charge in [-0.1, -0.05) is 26.7 Å².